The Labute approximate surface area is 145 Å². The predicted octanol–water partition coefficient (Wildman–Crippen LogP) is 1.21. The monoisotopic (exact) mass is 347 g/mol. The molecule has 0 spiro atoms. The van der Waals surface area contributed by atoms with E-state index in [-0.39, 0.29) is 24.5 Å². The van der Waals surface area contributed by atoms with E-state index >= 15 is 0 Å². The molecule has 1 amide bonds. The number of aromatic hydroxyl groups is 1. The smallest absolute Gasteiger partial charge is 0.407 e. The van der Waals surface area contributed by atoms with Crippen LogP contribution in [0, 0.1) is 0 Å². The maximum Gasteiger partial charge on any atom is 0.407 e. The highest BCUT2D eigenvalue weighted by molar-refractivity contribution is 5.67. The molecule has 0 saturated carbocycles. The van der Waals surface area contributed by atoms with Gasteiger partial charge in [-0.3, -0.25) is 0 Å². The number of ether oxygens (including phenoxy) is 1. The van der Waals surface area contributed by atoms with Crippen molar-refractivity contribution in [1.29, 1.82) is 0 Å². The summed E-state index contributed by atoms with van der Waals surface area (Å²) in [7, 11) is 0. The quantitative estimate of drug-likeness (QED) is 0.513. The Bertz CT molecular complexity index is 691. The number of hydrogen-bond donors (Lipinski definition) is 5. The Morgan fingerprint density at radius 2 is 1.84 bits per heavy atom. The number of aliphatic hydroxyl groups is 3. The van der Waals surface area contributed by atoms with Gasteiger partial charge in [0.1, 0.15) is 24.6 Å². The zero-order valence-electron chi connectivity index (χ0n) is 13.5. The van der Waals surface area contributed by atoms with E-state index in [0.717, 1.165) is 5.56 Å². The Hall–Kier alpha value is -2.61. The molecular formula is C18H21NO6. The van der Waals surface area contributed by atoms with Crippen molar-refractivity contribution in [3.8, 4) is 5.75 Å². The third-order valence-corrected chi connectivity index (χ3v) is 3.65. The van der Waals surface area contributed by atoms with Gasteiger partial charge in [0.05, 0.1) is 6.61 Å². The molecular weight excluding hydrogens is 326 g/mol. The topological polar surface area (TPSA) is 119 Å². The van der Waals surface area contributed by atoms with Crippen LogP contribution >= 0.6 is 0 Å². The van der Waals surface area contributed by atoms with Gasteiger partial charge in [0, 0.05) is 12.1 Å². The summed E-state index contributed by atoms with van der Waals surface area (Å²) in [4.78, 5) is 11.6. The van der Waals surface area contributed by atoms with Gasteiger partial charge in [0.2, 0.25) is 0 Å². The van der Waals surface area contributed by atoms with Crippen molar-refractivity contribution in [3.63, 3.8) is 0 Å². The van der Waals surface area contributed by atoms with Gasteiger partial charge in [-0.25, -0.2) is 4.79 Å². The Kier molecular flexibility index (Phi) is 6.76. The number of benzene rings is 2. The van der Waals surface area contributed by atoms with E-state index in [1.54, 1.807) is 0 Å². The lowest BCUT2D eigenvalue weighted by molar-refractivity contribution is 0.0183. The number of carbonyl (C=O) groups excluding carboxylic acids is 1. The molecule has 0 aliphatic rings. The highest BCUT2D eigenvalue weighted by atomic mass is 16.5. The average Bonchev–Trinajstić information content (AvgIpc) is 2.65. The van der Waals surface area contributed by atoms with Crippen LogP contribution in [0.5, 0.6) is 5.75 Å². The van der Waals surface area contributed by atoms with Crippen molar-refractivity contribution in [2.24, 2.45) is 0 Å². The summed E-state index contributed by atoms with van der Waals surface area (Å²) in [5, 5.41) is 41.1. The molecule has 2 aromatic carbocycles. The number of aliphatic hydroxyl groups excluding tert-OH is 3. The average molecular weight is 347 g/mol. The van der Waals surface area contributed by atoms with Crippen molar-refractivity contribution in [3.05, 3.63) is 65.2 Å². The van der Waals surface area contributed by atoms with Crippen LogP contribution in [0.1, 0.15) is 22.8 Å². The molecule has 134 valence electrons. The zero-order valence-corrected chi connectivity index (χ0v) is 13.5. The molecule has 5 N–H and O–H groups in total. The van der Waals surface area contributed by atoms with E-state index < -0.39 is 24.9 Å². The Morgan fingerprint density at radius 3 is 2.52 bits per heavy atom. The molecule has 25 heavy (non-hydrogen) atoms. The van der Waals surface area contributed by atoms with Crippen molar-refractivity contribution >= 4 is 6.09 Å². The molecule has 0 fully saturated rings. The van der Waals surface area contributed by atoms with Gasteiger partial charge in [-0.1, -0.05) is 36.4 Å². The van der Waals surface area contributed by atoms with Crippen LogP contribution in [0.15, 0.2) is 48.5 Å². The Balaban J connectivity index is 1.82. The second kappa shape index (κ2) is 9.03. The minimum atomic E-state index is -1.29. The fraction of sp³-hybridized carbons (Fsp3) is 0.278. The van der Waals surface area contributed by atoms with Gasteiger partial charge in [-0.05, 0) is 23.3 Å². The van der Waals surface area contributed by atoms with Gasteiger partial charge >= 0.3 is 6.09 Å². The van der Waals surface area contributed by atoms with E-state index in [0.29, 0.717) is 5.56 Å². The molecule has 2 aromatic rings. The number of hydrogen-bond acceptors (Lipinski definition) is 6. The maximum atomic E-state index is 11.6. The molecule has 0 saturated heterocycles. The minimum absolute atomic E-state index is 0.100. The highest BCUT2D eigenvalue weighted by Crippen LogP contribution is 2.24. The fourth-order valence-corrected chi connectivity index (χ4v) is 2.21. The van der Waals surface area contributed by atoms with Crippen LogP contribution in [0.4, 0.5) is 4.79 Å². The lowest BCUT2D eigenvalue weighted by atomic mass is 10.0. The van der Waals surface area contributed by atoms with Crippen molar-refractivity contribution in [1.82, 2.24) is 5.32 Å². The number of amides is 1. The standard InChI is InChI=1S/C18H21NO6/c20-10-14-8-13(6-7-15(14)21)17(23)16(22)9-19-18(24)25-11-12-4-2-1-3-5-12/h1-8,16-17,20-23H,9-11H2,(H,19,24). The molecule has 0 aromatic heterocycles. The summed E-state index contributed by atoms with van der Waals surface area (Å²) < 4.78 is 5.01. The summed E-state index contributed by atoms with van der Waals surface area (Å²) in [6, 6.07) is 13.3. The number of rotatable bonds is 7. The van der Waals surface area contributed by atoms with Gasteiger partial charge < -0.3 is 30.5 Å². The first-order valence-corrected chi connectivity index (χ1v) is 7.74. The molecule has 7 heteroatoms. The molecule has 0 aliphatic carbocycles. The second-order valence-electron chi connectivity index (χ2n) is 5.50. The summed E-state index contributed by atoms with van der Waals surface area (Å²) >= 11 is 0. The largest absolute Gasteiger partial charge is 0.508 e. The Morgan fingerprint density at radius 1 is 1.12 bits per heavy atom. The SMILES string of the molecule is O=C(NCC(O)C(O)c1ccc(O)c(CO)c1)OCc1ccccc1. The molecule has 7 nitrogen and oxygen atoms in total. The fourth-order valence-electron chi connectivity index (χ4n) is 2.21. The summed E-state index contributed by atoms with van der Waals surface area (Å²) in [6.07, 6.45) is -3.28. The number of alkyl carbamates (subject to hydrolysis) is 1. The second-order valence-corrected chi connectivity index (χ2v) is 5.50. The van der Waals surface area contributed by atoms with Crippen molar-refractivity contribution in [2.45, 2.75) is 25.4 Å². The summed E-state index contributed by atoms with van der Waals surface area (Å²) in [6.45, 7) is -0.514. The maximum absolute atomic E-state index is 11.6. The predicted molar refractivity (Wildman–Crippen MR) is 89.6 cm³/mol. The molecule has 0 bridgehead atoms. The first kappa shape index (κ1) is 18.7. The van der Waals surface area contributed by atoms with Gasteiger partial charge in [0.25, 0.3) is 0 Å². The molecule has 2 rings (SSSR count). The minimum Gasteiger partial charge on any atom is -0.508 e. The normalized spacial score (nSPS) is 13.1. The van der Waals surface area contributed by atoms with Crippen LogP contribution < -0.4 is 5.32 Å². The molecule has 0 radical (unpaired) electrons. The van der Waals surface area contributed by atoms with Crippen molar-refractivity contribution in [2.75, 3.05) is 6.54 Å². The van der Waals surface area contributed by atoms with E-state index in [1.165, 1.54) is 18.2 Å². The van der Waals surface area contributed by atoms with E-state index in [1.807, 2.05) is 30.3 Å². The summed E-state index contributed by atoms with van der Waals surface area (Å²) in [5.41, 5.74) is 1.38. The van der Waals surface area contributed by atoms with E-state index in [9.17, 15) is 20.1 Å². The lowest BCUT2D eigenvalue weighted by Crippen LogP contribution is -2.35. The third-order valence-electron chi connectivity index (χ3n) is 3.65. The first-order chi connectivity index (χ1) is 12.0. The summed E-state index contributed by atoms with van der Waals surface area (Å²) in [5.74, 6) is -0.101. The van der Waals surface area contributed by atoms with Gasteiger partial charge in [-0.15, -0.1) is 0 Å². The van der Waals surface area contributed by atoms with E-state index in [4.69, 9.17) is 9.84 Å². The van der Waals surface area contributed by atoms with Crippen LogP contribution in [0.25, 0.3) is 0 Å². The zero-order chi connectivity index (χ0) is 18.2. The molecule has 2 unspecified atom stereocenters. The van der Waals surface area contributed by atoms with Crippen LogP contribution in [-0.2, 0) is 18.0 Å². The van der Waals surface area contributed by atoms with Crippen molar-refractivity contribution < 1.29 is 30.0 Å². The van der Waals surface area contributed by atoms with Gasteiger partial charge in [0.15, 0.2) is 0 Å². The van der Waals surface area contributed by atoms with Crippen LogP contribution in [0.3, 0.4) is 0 Å². The highest BCUT2D eigenvalue weighted by Gasteiger charge is 2.20. The number of carbonyl (C=O) groups is 1. The molecule has 0 heterocycles. The number of nitrogens with one attached hydrogen (secondary N) is 1. The molecule has 0 aliphatic heterocycles. The first-order valence-electron chi connectivity index (χ1n) is 7.74. The number of phenols is 1. The lowest BCUT2D eigenvalue weighted by Gasteiger charge is -2.19. The van der Waals surface area contributed by atoms with E-state index in [2.05, 4.69) is 5.32 Å². The third kappa shape index (κ3) is 5.46. The van der Waals surface area contributed by atoms with Gasteiger partial charge in [-0.2, -0.15) is 0 Å². The van der Waals surface area contributed by atoms with Crippen LogP contribution in [0.2, 0.25) is 0 Å². The van der Waals surface area contributed by atoms with Crippen LogP contribution in [-0.4, -0.2) is 39.2 Å². The molecule has 2 atom stereocenters.